The van der Waals surface area contributed by atoms with Crippen molar-refractivity contribution in [2.24, 2.45) is 4.99 Å². The number of aliphatic imine (C=N–C) groups is 1. The van der Waals surface area contributed by atoms with Gasteiger partial charge in [-0.15, -0.1) is 0 Å². The highest BCUT2D eigenvalue weighted by molar-refractivity contribution is 8.14. The molecule has 2 aromatic carbocycles. The van der Waals surface area contributed by atoms with E-state index in [0.717, 1.165) is 44.3 Å². The summed E-state index contributed by atoms with van der Waals surface area (Å²) in [4.78, 5) is 11.9. The molecule has 4 nitrogen and oxygen atoms in total. The number of aromatic nitrogens is 1. The Balaban J connectivity index is 1.18. The highest BCUT2D eigenvalue weighted by Gasteiger charge is 2.39. The van der Waals surface area contributed by atoms with Crippen molar-refractivity contribution in [3.05, 3.63) is 53.1 Å². The van der Waals surface area contributed by atoms with Gasteiger partial charge in [0.2, 0.25) is 0 Å². The van der Waals surface area contributed by atoms with Crippen LogP contribution in [0.2, 0.25) is 5.02 Å². The highest BCUT2D eigenvalue weighted by atomic mass is 35.5. The van der Waals surface area contributed by atoms with Crippen molar-refractivity contribution in [3.8, 4) is 0 Å². The highest BCUT2D eigenvalue weighted by Crippen LogP contribution is 2.41. The first-order valence-corrected chi connectivity index (χ1v) is 12.1. The number of fused-ring (bicyclic) bond motifs is 2. The molecule has 1 aromatic heterocycles. The van der Waals surface area contributed by atoms with Crippen LogP contribution in [0.15, 0.2) is 47.5 Å². The quantitative estimate of drug-likeness (QED) is 0.511. The van der Waals surface area contributed by atoms with E-state index in [1.807, 2.05) is 30.0 Å². The average Bonchev–Trinajstić information content (AvgIpc) is 3.40. The third-order valence-electron chi connectivity index (χ3n) is 5.68. The topological polar surface area (TPSA) is 40.5 Å². The van der Waals surface area contributed by atoms with E-state index < -0.39 is 0 Å². The van der Waals surface area contributed by atoms with Gasteiger partial charge in [-0.3, -0.25) is 0 Å². The molecule has 1 N–H and O–H groups in total. The third kappa shape index (κ3) is 4.11. The number of rotatable bonds is 5. The van der Waals surface area contributed by atoms with Crippen LogP contribution >= 0.6 is 34.7 Å². The molecule has 1 saturated heterocycles. The van der Waals surface area contributed by atoms with Crippen molar-refractivity contribution in [1.29, 1.82) is 0 Å². The molecule has 5 rings (SSSR count). The molecule has 2 aliphatic rings. The van der Waals surface area contributed by atoms with Gasteiger partial charge in [0.25, 0.3) is 0 Å². The lowest BCUT2D eigenvalue weighted by Gasteiger charge is -2.19. The van der Waals surface area contributed by atoms with Crippen molar-refractivity contribution in [2.45, 2.75) is 37.0 Å². The maximum absolute atomic E-state index is 6.06. The monoisotopic (exact) mass is 442 g/mol. The van der Waals surface area contributed by atoms with E-state index in [4.69, 9.17) is 16.6 Å². The number of amidine groups is 1. The number of hydrogen-bond donors (Lipinski definition) is 1. The van der Waals surface area contributed by atoms with Gasteiger partial charge >= 0.3 is 0 Å². The minimum atomic E-state index is 0.683. The standard InChI is InChI=1S/C22H23ClN4S2/c1-27-18-3-2-4-19(18)29-22(27)25-16-8-5-14(6-9-16)11-12-24-21-26-17-10-7-15(23)13-20(17)28-21/h5-10,13,18-19H,2-4,11-12H2,1H3,(H,24,26)/t18-,19?/m1/s1. The van der Waals surface area contributed by atoms with Crippen LogP contribution in [-0.4, -0.2) is 39.9 Å². The summed E-state index contributed by atoms with van der Waals surface area (Å²) in [6.45, 7) is 0.851. The van der Waals surface area contributed by atoms with E-state index in [9.17, 15) is 0 Å². The lowest BCUT2D eigenvalue weighted by Crippen LogP contribution is -2.30. The molecule has 0 bridgehead atoms. The number of hydrogen-bond acceptors (Lipinski definition) is 5. The van der Waals surface area contributed by atoms with Gasteiger partial charge in [-0.1, -0.05) is 53.3 Å². The molecular weight excluding hydrogens is 420 g/mol. The van der Waals surface area contributed by atoms with Crippen molar-refractivity contribution in [2.75, 3.05) is 18.9 Å². The Morgan fingerprint density at radius 2 is 2.07 bits per heavy atom. The molecule has 150 valence electrons. The molecule has 1 aliphatic heterocycles. The molecular formula is C22H23ClN4S2. The zero-order chi connectivity index (χ0) is 19.8. The number of anilines is 1. The zero-order valence-corrected chi connectivity index (χ0v) is 18.7. The molecule has 3 aromatic rings. The molecule has 2 heterocycles. The summed E-state index contributed by atoms with van der Waals surface area (Å²) in [5.74, 6) is 0. The molecule has 1 unspecified atom stereocenters. The third-order valence-corrected chi connectivity index (χ3v) is 8.33. The maximum atomic E-state index is 6.06. The first-order chi connectivity index (χ1) is 14.2. The molecule has 0 radical (unpaired) electrons. The van der Waals surface area contributed by atoms with Crippen molar-refractivity contribution in [1.82, 2.24) is 9.88 Å². The van der Waals surface area contributed by atoms with Crippen LogP contribution in [0.3, 0.4) is 0 Å². The molecule has 0 spiro atoms. The van der Waals surface area contributed by atoms with E-state index >= 15 is 0 Å². The van der Waals surface area contributed by atoms with E-state index in [2.05, 4.69) is 46.5 Å². The van der Waals surface area contributed by atoms with Gasteiger partial charge in [0.1, 0.15) is 0 Å². The second kappa shape index (κ2) is 8.17. The Hall–Kier alpha value is -1.76. The van der Waals surface area contributed by atoms with Crippen LogP contribution < -0.4 is 5.32 Å². The normalized spacial score (nSPS) is 22.6. The van der Waals surface area contributed by atoms with E-state index in [0.29, 0.717) is 6.04 Å². The Kier molecular flexibility index (Phi) is 5.41. The van der Waals surface area contributed by atoms with E-state index in [-0.39, 0.29) is 0 Å². The van der Waals surface area contributed by atoms with Crippen LogP contribution in [-0.2, 0) is 6.42 Å². The Bertz CT molecular complexity index is 1050. The predicted octanol–water partition coefficient (Wildman–Crippen LogP) is 6.19. The lowest BCUT2D eigenvalue weighted by atomic mass is 10.1. The summed E-state index contributed by atoms with van der Waals surface area (Å²) >= 11 is 9.65. The van der Waals surface area contributed by atoms with Crippen LogP contribution in [0.5, 0.6) is 0 Å². The lowest BCUT2D eigenvalue weighted by molar-refractivity contribution is 0.397. The number of thioether (sulfide) groups is 1. The molecule has 2 atom stereocenters. The first kappa shape index (κ1) is 19.2. The van der Waals surface area contributed by atoms with Gasteiger partial charge < -0.3 is 10.2 Å². The smallest absolute Gasteiger partial charge is 0.183 e. The Labute approximate surface area is 184 Å². The second-order valence-corrected chi connectivity index (χ2v) is 10.3. The fourth-order valence-corrected chi connectivity index (χ4v) is 6.75. The fourth-order valence-electron chi connectivity index (χ4n) is 4.09. The van der Waals surface area contributed by atoms with Crippen molar-refractivity contribution in [3.63, 3.8) is 0 Å². The summed E-state index contributed by atoms with van der Waals surface area (Å²) in [5.41, 5.74) is 3.33. The Morgan fingerprint density at radius 1 is 1.21 bits per heavy atom. The van der Waals surface area contributed by atoms with Gasteiger partial charge in [0, 0.05) is 29.9 Å². The summed E-state index contributed by atoms with van der Waals surface area (Å²) in [5, 5.41) is 7.03. The number of nitrogens with one attached hydrogen (secondary N) is 1. The number of nitrogens with zero attached hydrogens (tertiary/aromatic N) is 3. The van der Waals surface area contributed by atoms with Gasteiger partial charge in [0.05, 0.1) is 15.9 Å². The minimum absolute atomic E-state index is 0.683. The maximum Gasteiger partial charge on any atom is 0.183 e. The molecule has 29 heavy (non-hydrogen) atoms. The predicted molar refractivity (Wildman–Crippen MR) is 127 cm³/mol. The molecule has 7 heteroatoms. The SMILES string of the molecule is CN1C(=Nc2ccc(CCNc3nc4ccc(Cl)cc4s3)cc2)SC2CCC[C@H]21. The molecule has 1 saturated carbocycles. The van der Waals surface area contributed by atoms with Crippen LogP contribution in [0.1, 0.15) is 24.8 Å². The first-order valence-electron chi connectivity index (χ1n) is 10.0. The zero-order valence-electron chi connectivity index (χ0n) is 16.3. The van der Waals surface area contributed by atoms with E-state index in [1.54, 1.807) is 11.3 Å². The molecule has 2 fully saturated rings. The fraction of sp³-hybridized carbons (Fsp3) is 0.364. The van der Waals surface area contributed by atoms with Gasteiger partial charge in [-0.2, -0.15) is 0 Å². The van der Waals surface area contributed by atoms with Gasteiger partial charge in [-0.25, -0.2) is 9.98 Å². The molecule has 1 aliphatic carbocycles. The Morgan fingerprint density at radius 3 is 2.90 bits per heavy atom. The van der Waals surface area contributed by atoms with Crippen molar-refractivity contribution < 1.29 is 0 Å². The number of benzene rings is 2. The largest absolute Gasteiger partial charge is 0.361 e. The number of halogens is 1. The van der Waals surface area contributed by atoms with Crippen LogP contribution in [0.4, 0.5) is 10.8 Å². The minimum Gasteiger partial charge on any atom is -0.361 e. The van der Waals surface area contributed by atoms with E-state index in [1.165, 1.54) is 30.0 Å². The van der Waals surface area contributed by atoms with Gasteiger partial charge in [0.15, 0.2) is 10.3 Å². The summed E-state index contributed by atoms with van der Waals surface area (Å²) < 4.78 is 1.11. The van der Waals surface area contributed by atoms with Crippen LogP contribution in [0.25, 0.3) is 10.2 Å². The molecule has 0 amide bonds. The summed E-state index contributed by atoms with van der Waals surface area (Å²) in [7, 11) is 2.19. The van der Waals surface area contributed by atoms with Crippen molar-refractivity contribution >= 4 is 60.9 Å². The van der Waals surface area contributed by atoms with Gasteiger partial charge in [-0.05, 0) is 55.2 Å². The average molecular weight is 443 g/mol. The summed E-state index contributed by atoms with van der Waals surface area (Å²) in [6.07, 6.45) is 4.94. The number of thiazole rings is 1. The second-order valence-electron chi connectivity index (χ2n) is 7.63. The van der Waals surface area contributed by atoms with Crippen LogP contribution in [0, 0.1) is 0 Å². The summed E-state index contributed by atoms with van der Waals surface area (Å²) in [6, 6.07) is 15.1.